The molecular weight excluding hydrogens is 867 g/mol. The quantitative estimate of drug-likeness (QED) is 0.0137. The third-order valence-electron chi connectivity index (χ3n) is 10.7. The Morgan fingerprint density at radius 1 is 0.919 bits per heavy atom. The number of unbranched alkanes of at least 4 members (excludes halogenated alkanes) is 1. The second-order valence-electron chi connectivity index (χ2n) is 15.6. The number of carbonyl (C=O) groups excluding carboxylic acids is 1. The van der Waals surface area contributed by atoms with Gasteiger partial charge in [0.1, 0.15) is 10.9 Å². The van der Waals surface area contributed by atoms with E-state index in [1.54, 1.807) is 47.1 Å². The van der Waals surface area contributed by atoms with E-state index >= 15 is 0 Å². The Bertz CT molecular complexity index is 2630. The summed E-state index contributed by atoms with van der Waals surface area (Å²) in [5.74, 6) is -3.97. The summed E-state index contributed by atoms with van der Waals surface area (Å²) >= 11 is 0.507. The fraction of sp³-hybridized carbons (Fsp3) is 0.333. The molecule has 0 spiro atoms. The van der Waals surface area contributed by atoms with Crippen molar-refractivity contribution in [2.45, 2.75) is 80.0 Å². The third kappa shape index (κ3) is 11.1. The Labute approximate surface area is 363 Å². The minimum Gasteiger partial charge on any atom is -0.481 e. The number of para-hydroxylation sites is 1. The van der Waals surface area contributed by atoms with Crippen LogP contribution in [0.3, 0.4) is 0 Å². The molecule has 2 aliphatic rings. The standard InChI is InChI=1S/C42H47N3O14S3/c1-41(2)29-14-10-11-15-31(29)44(21-12-13-23-61(52,53)54)34(41)16-8-6-5-7-9-17-35-42(3,4)39-32(45(35)22-20-36(46)43-30(40(49)50)26-37(47)48)19-18-27-24-28(60-59-58-51)25-33(38(27)39)62(55,56)57/h5-11,14-19,24-25,30H,12-13,20-23,26H2,1-4H3,(H5-,43,46,47,48,49,50,51,52,53,54,55,56,57)/p+1. The molecule has 6 N–H and O–H groups in total. The van der Waals surface area contributed by atoms with Gasteiger partial charge in [0.25, 0.3) is 20.2 Å². The van der Waals surface area contributed by atoms with Crippen LogP contribution in [0.15, 0.2) is 107 Å². The van der Waals surface area contributed by atoms with Gasteiger partial charge < -0.3 is 20.4 Å². The normalized spacial score (nSPS) is 17.1. The molecule has 1 unspecified atom stereocenters. The van der Waals surface area contributed by atoms with E-state index < -0.39 is 60.9 Å². The fourth-order valence-electron chi connectivity index (χ4n) is 7.96. The first-order valence-electron chi connectivity index (χ1n) is 19.2. The molecule has 0 fully saturated rings. The summed E-state index contributed by atoms with van der Waals surface area (Å²) in [6, 6.07) is 12.4. The number of anilines is 1. The first-order valence-corrected chi connectivity index (χ1v) is 23.0. The highest BCUT2D eigenvalue weighted by molar-refractivity contribution is 7.94. The van der Waals surface area contributed by atoms with Crippen LogP contribution in [0.5, 0.6) is 0 Å². The maximum atomic E-state index is 13.0. The second-order valence-corrected chi connectivity index (χ2v) is 19.4. The van der Waals surface area contributed by atoms with Crippen molar-refractivity contribution in [2.75, 3.05) is 23.7 Å². The van der Waals surface area contributed by atoms with Crippen LogP contribution in [0.2, 0.25) is 0 Å². The highest BCUT2D eigenvalue weighted by Gasteiger charge is 2.47. The van der Waals surface area contributed by atoms with Crippen molar-refractivity contribution in [3.05, 3.63) is 108 Å². The van der Waals surface area contributed by atoms with Crippen molar-refractivity contribution in [2.24, 2.45) is 0 Å². The van der Waals surface area contributed by atoms with Gasteiger partial charge in [0.2, 0.25) is 11.6 Å². The van der Waals surface area contributed by atoms with E-state index in [4.69, 9.17) is 10.4 Å². The zero-order chi connectivity index (χ0) is 45.6. The molecule has 332 valence electrons. The highest BCUT2D eigenvalue weighted by Crippen LogP contribution is 2.49. The van der Waals surface area contributed by atoms with Gasteiger partial charge in [-0.3, -0.25) is 18.7 Å². The molecule has 62 heavy (non-hydrogen) atoms. The Morgan fingerprint density at radius 3 is 2.27 bits per heavy atom. The van der Waals surface area contributed by atoms with Crippen LogP contribution in [0.25, 0.3) is 10.8 Å². The Balaban J connectivity index is 1.48. The van der Waals surface area contributed by atoms with Crippen LogP contribution in [-0.4, -0.2) is 94.4 Å². The molecule has 3 aromatic rings. The van der Waals surface area contributed by atoms with Crippen LogP contribution in [0, 0.1) is 0 Å². The molecule has 2 heterocycles. The van der Waals surface area contributed by atoms with Crippen molar-refractivity contribution in [1.82, 2.24) is 5.32 Å². The van der Waals surface area contributed by atoms with Gasteiger partial charge >= 0.3 is 11.9 Å². The van der Waals surface area contributed by atoms with Crippen LogP contribution in [0.1, 0.15) is 64.5 Å². The fourth-order valence-corrected chi connectivity index (χ4v) is 9.81. The lowest BCUT2D eigenvalue weighted by atomic mass is 9.79. The summed E-state index contributed by atoms with van der Waals surface area (Å²) < 4.78 is 74.3. The maximum absolute atomic E-state index is 13.0. The first kappa shape index (κ1) is 47.9. The zero-order valence-corrected chi connectivity index (χ0v) is 36.7. The number of carbonyl (C=O) groups is 3. The number of carboxylic acids is 2. The van der Waals surface area contributed by atoms with E-state index in [0.29, 0.717) is 53.8 Å². The number of amides is 1. The monoisotopic (exact) mass is 914 g/mol. The molecule has 0 bridgehead atoms. The average molecular weight is 915 g/mol. The average Bonchev–Trinajstić information content (AvgIpc) is 3.53. The van der Waals surface area contributed by atoms with Crippen molar-refractivity contribution in [3.63, 3.8) is 0 Å². The third-order valence-corrected chi connectivity index (χ3v) is 12.9. The number of carboxylic acid groups (broad SMARTS) is 2. The molecule has 0 aliphatic carbocycles. The van der Waals surface area contributed by atoms with E-state index in [0.717, 1.165) is 23.0 Å². The molecule has 0 aromatic heterocycles. The molecule has 1 amide bonds. The first-order chi connectivity index (χ1) is 29.1. The van der Waals surface area contributed by atoms with Gasteiger partial charge in [-0.05, 0) is 68.0 Å². The minimum atomic E-state index is -4.86. The lowest BCUT2D eigenvalue weighted by Crippen LogP contribution is -2.42. The van der Waals surface area contributed by atoms with Crippen LogP contribution < -0.4 is 10.2 Å². The predicted molar refractivity (Wildman–Crippen MR) is 232 cm³/mol. The van der Waals surface area contributed by atoms with Gasteiger partial charge in [-0.25, -0.2) is 10.1 Å². The summed E-state index contributed by atoms with van der Waals surface area (Å²) in [5.41, 5.74) is 3.39. The summed E-state index contributed by atoms with van der Waals surface area (Å²) in [6.45, 7) is 8.40. The molecule has 0 radical (unpaired) electrons. The number of rotatable bonds is 20. The van der Waals surface area contributed by atoms with Crippen LogP contribution in [-0.2, 0) is 54.8 Å². The molecule has 0 saturated heterocycles. The maximum Gasteiger partial charge on any atom is 0.326 e. The van der Waals surface area contributed by atoms with Crippen molar-refractivity contribution in [1.29, 1.82) is 0 Å². The number of benzene rings is 3. The number of fused-ring (bicyclic) bond motifs is 4. The smallest absolute Gasteiger partial charge is 0.326 e. The lowest BCUT2D eigenvalue weighted by molar-refractivity contribution is -0.436. The summed E-state index contributed by atoms with van der Waals surface area (Å²) in [4.78, 5) is 37.8. The topological polar surface area (TPSA) is 257 Å². The largest absolute Gasteiger partial charge is 0.481 e. The van der Waals surface area contributed by atoms with Crippen molar-refractivity contribution < 1.29 is 69.7 Å². The van der Waals surface area contributed by atoms with E-state index in [-0.39, 0.29) is 34.4 Å². The summed E-state index contributed by atoms with van der Waals surface area (Å²) in [6.07, 6.45) is 12.5. The van der Waals surface area contributed by atoms with Crippen molar-refractivity contribution >= 4 is 78.0 Å². The number of hydrogen-bond donors (Lipinski definition) is 6. The lowest BCUT2D eigenvalue weighted by Gasteiger charge is -2.27. The van der Waals surface area contributed by atoms with E-state index in [1.165, 1.54) is 0 Å². The van der Waals surface area contributed by atoms with Gasteiger partial charge in [0.05, 0.1) is 36.1 Å². The molecule has 5 rings (SSSR count). The molecule has 17 nitrogen and oxygen atoms in total. The van der Waals surface area contributed by atoms with Gasteiger partial charge in [0.15, 0.2) is 12.3 Å². The molecule has 0 saturated carbocycles. The van der Waals surface area contributed by atoms with Crippen LogP contribution >= 0.6 is 12.0 Å². The Hall–Kier alpha value is -5.19. The van der Waals surface area contributed by atoms with E-state index in [2.05, 4.69) is 39.5 Å². The number of aliphatic carboxylic acids is 2. The molecule has 3 aromatic carbocycles. The van der Waals surface area contributed by atoms with Gasteiger partial charge in [-0.1, -0.05) is 67.5 Å². The molecule has 2 aliphatic heterocycles. The Morgan fingerprint density at radius 2 is 1.61 bits per heavy atom. The zero-order valence-electron chi connectivity index (χ0n) is 34.2. The molecular formula is C42H48N3O14S3+. The van der Waals surface area contributed by atoms with Gasteiger partial charge in [-0.2, -0.15) is 21.4 Å². The number of allylic oxidation sites excluding steroid dienone is 8. The van der Waals surface area contributed by atoms with Crippen LogP contribution in [0.4, 0.5) is 11.4 Å². The molecule has 20 heteroatoms. The van der Waals surface area contributed by atoms with Gasteiger partial charge in [-0.15, -0.1) is 4.33 Å². The number of nitrogens with one attached hydrogen (secondary N) is 1. The molecule has 1 atom stereocenters. The van der Waals surface area contributed by atoms with Crippen molar-refractivity contribution in [3.8, 4) is 0 Å². The highest BCUT2D eigenvalue weighted by atomic mass is 32.2. The number of hydrogen-bond acceptors (Lipinski definition) is 12. The van der Waals surface area contributed by atoms with E-state index in [1.807, 2.05) is 50.3 Å². The number of nitrogens with zero attached hydrogens (tertiary/aromatic N) is 2. The summed E-state index contributed by atoms with van der Waals surface area (Å²) in [7, 11) is -8.92. The van der Waals surface area contributed by atoms with Gasteiger partial charge in [0, 0.05) is 51.3 Å². The predicted octanol–water partition coefficient (Wildman–Crippen LogP) is 6.34. The SMILES string of the molecule is CC1(C)C(/C=C/C=C/C=C/C=C2/N(CCCCS(=O)(=O)O)c3ccccc3C2(C)C)=[N+](CCC(=O)NC(CC(=O)O)C(=O)O)c2ccc3cc(SOOO)cc(S(=O)(=O)O)c3c21. The van der Waals surface area contributed by atoms with E-state index in [9.17, 15) is 45.4 Å². The second kappa shape index (κ2) is 19.5. The summed E-state index contributed by atoms with van der Waals surface area (Å²) in [5, 5.41) is 33.8. The minimum absolute atomic E-state index is 0.0364. The Kier molecular flexibility index (Phi) is 15.0.